The lowest BCUT2D eigenvalue weighted by molar-refractivity contribution is 0.0950. The van der Waals surface area contributed by atoms with Crippen molar-refractivity contribution in [2.45, 2.75) is 13.1 Å². The second-order valence-electron chi connectivity index (χ2n) is 6.15. The molecule has 6 heteroatoms. The van der Waals surface area contributed by atoms with E-state index in [4.69, 9.17) is 9.47 Å². The van der Waals surface area contributed by atoms with Gasteiger partial charge in [0.1, 0.15) is 6.61 Å². The van der Waals surface area contributed by atoms with Crippen LogP contribution in [-0.2, 0) is 13.1 Å². The number of rotatable bonds is 9. The van der Waals surface area contributed by atoms with Gasteiger partial charge in [0, 0.05) is 31.0 Å². The molecule has 0 saturated heterocycles. The zero-order valence-electron chi connectivity index (χ0n) is 15.8. The molecule has 1 N–H and O–H groups in total. The predicted molar refractivity (Wildman–Crippen MR) is 108 cm³/mol. The first kappa shape index (κ1) is 19.2. The van der Waals surface area contributed by atoms with E-state index in [1.807, 2.05) is 29.0 Å². The first-order chi connectivity index (χ1) is 13.7. The summed E-state index contributed by atoms with van der Waals surface area (Å²) >= 11 is 0. The van der Waals surface area contributed by atoms with E-state index in [1.54, 1.807) is 43.9 Å². The highest BCUT2D eigenvalue weighted by molar-refractivity contribution is 5.94. The molecular formula is C22H23N3O3. The second kappa shape index (κ2) is 9.41. The van der Waals surface area contributed by atoms with Crippen LogP contribution in [-0.4, -0.2) is 29.2 Å². The Bertz CT molecular complexity index is 936. The molecule has 0 saturated carbocycles. The maximum absolute atomic E-state index is 12.6. The van der Waals surface area contributed by atoms with Gasteiger partial charge in [-0.1, -0.05) is 36.9 Å². The number of methoxy groups -OCH3 is 1. The zero-order chi connectivity index (χ0) is 19.8. The zero-order valence-corrected chi connectivity index (χ0v) is 15.8. The molecule has 1 aromatic heterocycles. The minimum Gasteiger partial charge on any atom is -0.493 e. The molecule has 28 heavy (non-hydrogen) atoms. The molecule has 2 aromatic carbocycles. The van der Waals surface area contributed by atoms with Gasteiger partial charge in [-0.15, -0.1) is 0 Å². The van der Waals surface area contributed by atoms with Gasteiger partial charge in [0.25, 0.3) is 5.91 Å². The number of nitrogens with one attached hydrogen (secondary N) is 1. The summed E-state index contributed by atoms with van der Waals surface area (Å²) in [7, 11) is 1.55. The quantitative estimate of drug-likeness (QED) is 0.580. The van der Waals surface area contributed by atoms with Gasteiger partial charge < -0.3 is 19.4 Å². The van der Waals surface area contributed by atoms with Gasteiger partial charge in [0.2, 0.25) is 0 Å². The fourth-order valence-electron chi connectivity index (χ4n) is 2.82. The number of hydrogen-bond donors (Lipinski definition) is 1. The van der Waals surface area contributed by atoms with Gasteiger partial charge >= 0.3 is 0 Å². The SMILES string of the molecule is C=CCOc1ccc(C(=O)NCc2ccccc2Cn2ccnc2)cc1OC. The van der Waals surface area contributed by atoms with Gasteiger partial charge in [-0.25, -0.2) is 4.98 Å². The number of carbonyl (C=O) groups is 1. The molecule has 0 spiro atoms. The standard InChI is InChI=1S/C22H23N3O3/c1-3-12-28-20-9-8-17(13-21(20)27-2)22(26)24-14-18-6-4-5-7-19(18)15-25-11-10-23-16-25/h3-11,13,16H,1,12,14-15H2,2H3,(H,24,26). The van der Waals surface area contributed by atoms with Crippen molar-refractivity contribution in [1.82, 2.24) is 14.9 Å². The van der Waals surface area contributed by atoms with Gasteiger partial charge in [-0.3, -0.25) is 4.79 Å². The average molecular weight is 377 g/mol. The van der Waals surface area contributed by atoms with Gasteiger partial charge in [-0.2, -0.15) is 0 Å². The lowest BCUT2D eigenvalue weighted by Gasteiger charge is -2.13. The summed E-state index contributed by atoms with van der Waals surface area (Å²) in [6.45, 7) is 5.13. The summed E-state index contributed by atoms with van der Waals surface area (Å²) in [5.41, 5.74) is 2.70. The molecule has 6 nitrogen and oxygen atoms in total. The topological polar surface area (TPSA) is 65.4 Å². The van der Waals surface area contributed by atoms with Gasteiger partial charge in [0.15, 0.2) is 11.5 Å². The summed E-state index contributed by atoms with van der Waals surface area (Å²) in [5.74, 6) is 0.908. The number of ether oxygens (including phenoxy) is 2. The largest absolute Gasteiger partial charge is 0.493 e. The van der Waals surface area contributed by atoms with Gasteiger partial charge in [-0.05, 0) is 29.3 Å². The first-order valence-corrected chi connectivity index (χ1v) is 8.93. The Morgan fingerprint density at radius 2 is 2.04 bits per heavy atom. The molecule has 0 bridgehead atoms. The minimum absolute atomic E-state index is 0.175. The molecular weight excluding hydrogens is 354 g/mol. The Balaban J connectivity index is 1.68. The van der Waals surface area contributed by atoms with E-state index in [0.717, 1.165) is 11.1 Å². The third kappa shape index (κ3) is 4.79. The molecule has 3 aromatic rings. The summed E-state index contributed by atoms with van der Waals surface area (Å²) in [5, 5.41) is 2.97. The lowest BCUT2D eigenvalue weighted by Crippen LogP contribution is -2.23. The van der Waals surface area contributed by atoms with Crippen molar-refractivity contribution in [3.8, 4) is 11.5 Å². The fourth-order valence-corrected chi connectivity index (χ4v) is 2.82. The predicted octanol–water partition coefficient (Wildman–Crippen LogP) is 3.43. The monoisotopic (exact) mass is 377 g/mol. The molecule has 0 atom stereocenters. The number of aromatic nitrogens is 2. The van der Waals surface area contributed by atoms with Gasteiger partial charge in [0.05, 0.1) is 13.4 Å². The Morgan fingerprint density at radius 3 is 2.75 bits per heavy atom. The van der Waals surface area contributed by atoms with Crippen LogP contribution in [0.2, 0.25) is 0 Å². The van der Waals surface area contributed by atoms with E-state index in [9.17, 15) is 4.79 Å². The maximum Gasteiger partial charge on any atom is 0.251 e. The van der Waals surface area contributed by atoms with Crippen LogP contribution in [0.5, 0.6) is 11.5 Å². The summed E-state index contributed by atoms with van der Waals surface area (Å²) in [6.07, 6.45) is 7.09. The van der Waals surface area contributed by atoms with Crippen molar-refractivity contribution >= 4 is 5.91 Å². The maximum atomic E-state index is 12.6. The van der Waals surface area contributed by atoms with E-state index in [-0.39, 0.29) is 5.91 Å². The Labute approximate surface area is 164 Å². The Morgan fingerprint density at radius 1 is 1.21 bits per heavy atom. The molecule has 144 valence electrons. The molecule has 1 heterocycles. The van der Waals surface area contributed by atoms with Crippen molar-refractivity contribution in [3.05, 3.63) is 90.5 Å². The van der Waals surface area contributed by atoms with Crippen LogP contribution in [0.15, 0.2) is 73.8 Å². The minimum atomic E-state index is -0.175. The van der Waals surface area contributed by atoms with Crippen LogP contribution in [0.25, 0.3) is 0 Å². The third-order valence-electron chi connectivity index (χ3n) is 4.25. The molecule has 0 aliphatic heterocycles. The molecule has 1 amide bonds. The molecule has 0 radical (unpaired) electrons. The van der Waals surface area contributed by atoms with E-state index in [0.29, 0.717) is 36.8 Å². The first-order valence-electron chi connectivity index (χ1n) is 8.93. The number of benzene rings is 2. The number of amides is 1. The van der Waals surface area contributed by atoms with E-state index >= 15 is 0 Å². The Kier molecular flexibility index (Phi) is 6.46. The smallest absolute Gasteiger partial charge is 0.251 e. The van der Waals surface area contributed by atoms with Crippen molar-refractivity contribution in [1.29, 1.82) is 0 Å². The fraction of sp³-hybridized carbons (Fsp3) is 0.182. The van der Waals surface area contributed by atoms with Crippen LogP contribution in [0.4, 0.5) is 0 Å². The number of carbonyl (C=O) groups excluding carboxylic acids is 1. The summed E-state index contributed by atoms with van der Waals surface area (Å²) in [4.78, 5) is 16.7. The Hall–Kier alpha value is -3.54. The average Bonchev–Trinajstić information content (AvgIpc) is 3.24. The second-order valence-corrected chi connectivity index (χ2v) is 6.15. The van der Waals surface area contributed by atoms with Crippen LogP contribution in [0, 0.1) is 0 Å². The number of hydrogen-bond acceptors (Lipinski definition) is 4. The molecule has 3 rings (SSSR count). The number of imidazole rings is 1. The molecule has 0 unspecified atom stereocenters. The van der Waals surface area contributed by atoms with Crippen LogP contribution in [0.1, 0.15) is 21.5 Å². The summed E-state index contributed by atoms with van der Waals surface area (Å²) in [6, 6.07) is 13.1. The van der Waals surface area contributed by atoms with Crippen LogP contribution >= 0.6 is 0 Å². The summed E-state index contributed by atoms with van der Waals surface area (Å²) < 4.78 is 12.8. The van der Waals surface area contributed by atoms with E-state index in [2.05, 4.69) is 22.9 Å². The van der Waals surface area contributed by atoms with Crippen molar-refractivity contribution in [2.75, 3.05) is 13.7 Å². The highest BCUT2D eigenvalue weighted by atomic mass is 16.5. The highest BCUT2D eigenvalue weighted by Gasteiger charge is 2.12. The third-order valence-corrected chi connectivity index (χ3v) is 4.25. The molecule has 0 fully saturated rings. The molecule has 0 aliphatic rings. The lowest BCUT2D eigenvalue weighted by atomic mass is 10.1. The molecule has 0 aliphatic carbocycles. The highest BCUT2D eigenvalue weighted by Crippen LogP contribution is 2.28. The van der Waals surface area contributed by atoms with E-state index in [1.165, 1.54) is 0 Å². The number of nitrogens with zero attached hydrogens (tertiary/aromatic N) is 2. The van der Waals surface area contributed by atoms with Crippen LogP contribution in [0.3, 0.4) is 0 Å². The van der Waals surface area contributed by atoms with Crippen molar-refractivity contribution < 1.29 is 14.3 Å². The van der Waals surface area contributed by atoms with Crippen molar-refractivity contribution in [2.24, 2.45) is 0 Å². The van der Waals surface area contributed by atoms with Crippen molar-refractivity contribution in [3.63, 3.8) is 0 Å². The van der Waals surface area contributed by atoms with Crippen LogP contribution < -0.4 is 14.8 Å². The normalized spacial score (nSPS) is 10.3. The van der Waals surface area contributed by atoms with E-state index < -0.39 is 0 Å².